The summed E-state index contributed by atoms with van der Waals surface area (Å²) in [5.74, 6) is -0.0895. The van der Waals surface area contributed by atoms with Crippen LogP contribution in [-0.4, -0.2) is 31.6 Å². The highest BCUT2D eigenvalue weighted by Crippen LogP contribution is 2.34. The summed E-state index contributed by atoms with van der Waals surface area (Å²) in [5.41, 5.74) is -0.407. The molecule has 1 amide bonds. The van der Waals surface area contributed by atoms with E-state index in [0.717, 1.165) is 0 Å². The first-order valence-electron chi connectivity index (χ1n) is 5.84. The molecule has 0 heterocycles. The van der Waals surface area contributed by atoms with E-state index in [1.54, 1.807) is 6.08 Å². The summed E-state index contributed by atoms with van der Waals surface area (Å²) in [4.78, 5) is 22.4. The molecule has 0 saturated heterocycles. The maximum atomic E-state index is 12.0. The molecule has 1 aromatic carbocycles. The molecule has 0 saturated carbocycles. The highest BCUT2D eigenvalue weighted by molar-refractivity contribution is 5.99. The fourth-order valence-electron chi connectivity index (χ4n) is 1.58. The SMILES string of the molecule is C=CCCNC(=O)c1cc(OC)c(OC)cc1[N+](=O)[O-]. The van der Waals surface area contributed by atoms with Gasteiger partial charge in [0.25, 0.3) is 11.6 Å². The Balaban J connectivity index is 3.18. The lowest BCUT2D eigenvalue weighted by molar-refractivity contribution is -0.385. The zero-order chi connectivity index (χ0) is 15.1. The fraction of sp³-hybridized carbons (Fsp3) is 0.308. The number of benzene rings is 1. The van der Waals surface area contributed by atoms with Crippen LogP contribution in [0.1, 0.15) is 16.8 Å². The minimum atomic E-state index is -0.635. The molecule has 7 heteroatoms. The second kappa shape index (κ2) is 7.13. The molecule has 0 atom stereocenters. The third-order valence-corrected chi connectivity index (χ3v) is 2.58. The van der Waals surface area contributed by atoms with Crippen LogP contribution in [0.3, 0.4) is 0 Å². The molecule has 0 radical (unpaired) electrons. The Bertz CT molecular complexity index is 528. The summed E-state index contributed by atoms with van der Waals surface area (Å²) in [6.45, 7) is 3.89. The smallest absolute Gasteiger partial charge is 0.286 e. The van der Waals surface area contributed by atoms with Gasteiger partial charge in [0, 0.05) is 12.6 Å². The molecule has 1 N–H and O–H groups in total. The maximum absolute atomic E-state index is 12.0. The molecular formula is C13H16N2O5. The van der Waals surface area contributed by atoms with Crippen molar-refractivity contribution in [3.8, 4) is 11.5 Å². The van der Waals surface area contributed by atoms with Crippen LogP contribution in [0.15, 0.2) is 24.8 Å². The number of nitrogens with one attached hydrogen (secondary N) is 1. The summed E-state index contributed by atoms with van der Waals surface area (Å²) in [5, 5.41) is 13.6. The van der Waals surface area contributed by atoms with E-state index in [0.29, 0.717) is 13.0 Å². The van der Waals surface area contributed by atoms with E-state index in [9.17, 15) is 14.9 Å². The third kappa shape index (κ3) is 3.47. The second-order valence-corrected chi connectivity index (χ2v) is 3.81. The van der Waals surface area contributed by atoms with E-state index in [2.05, 4.69) is 11.9 Å². The summed E-state index contributed by atoms with van der Waals surface area (Å²) in [6, 6.07) is 2.46. The quantitative estimate of drug-likeness (QED) is 0.356. The number of carbonyl (C=O) groups is 1. The average molecular weight is 280 g/mol. The van der Waals surface area contributed by atoms with E-state index in [-0.39, 0.29) is 22.7 Å². The Kier molecular flexibility index (Phi) is 5.52. The number of methoxy groups -OCH3 is 2. The van der Waals surface area contributed by atoms with Crippen LogP contribution in [0.5, 0.6) is 11.5 Å². The molecule has 0 unspecified atom stereocenters. The Morgan fingerprint density at radius 1 is 1.40 bits per heavy atom. The minimum absolute atomic E-state index is 0.0725. The molecule has 0 aliphatic rings. The zero-order valence-corrected chi connectivity index (χ0v) is 11.3. The van der Waals surface area contributed by atoms with Crippen LogP contribution in [0.2, 0.25) is 0 Å². The van der Waals surface area contributed by atoms with E-state index in [1.165, 1.54) is 26.4 Å². The van der Waals surface area contributed by atoms with E-state index >= 15 is 0 Å². The van der Waals surface area contributed by atoms with Crippen molar-refractivity contribution in [2.24, 2.45) is 0 Å². The highest BCUT2D eigenvalue weighted by atomic mass is 16.6. The Hall–Kier alpha value is -2.57. The van der Waals surface area contributed by atoms with Gasteiger partial charge in [-0.15, -0.1) is 6.58 Å². The van der Waals surface area contributed by atoms with E-state index in [4.69, 9.17) is 9.47 Å². The minimum Gasteiger partial charge on any atom is -0.493 e. The summed E-state index contributed by atoms with van der Waals surface area (Å²) >= 11 is 0. The van der Waals surface area contributed by atoms with Crippen molar-refractivity contribution >= 4 is 11.6 Å². The number of ether oxygens (including phenoxy) is 2. The molecule has 0 bridgehead atoms. The zero-order valence-electron chi connectivity index (χ0n) is 11.3. The van der Waals surface area contributed by atoms with Gasteiger partial charge in [-0.2, -0.15) is 0 Å². The van der Waals surface area contributed by atoms with E-state index < -0.39 is 10.8 Å². The Morgan fingerprint density at radius 3 is 2.50 bits per heavy atom. The second-order valence-electron chi connectivity index (χ2n) is 3.81. The molecule has 0 fully saturated rings. The molecule has 0 aliphatic carbocycles. The molecule has 0 spiro atoms. The number of rotatable bonds is 7. The predicted octanol–water partition coefficient (Wildman–Crippen LogP) is 1.92. The molecular weight excluding hydrogens is 264 g/mol. The van der Waals surface area contributed by atoms with Crippen molar-refractivity contribution in [1.29, 1.82) is 0 Å². The lowest BCUT2D eigenvalue weighted by Crippen LogP contribution is -2.25. The van der Waals surface area contributed by atoms with Crippen LogP contribution in [0.4, 0.5) is 5.69 Å². The van der Waals surface area contributed by atoms with Gasteiger partial charge in [-0.05, 0) is 6.42 Å². The van der Waals surface area contributed by atoms with Crippen molar-refractivity contribution in [3.05, 3.63) is 40.5 Å². The highest BCUT2D eigenvalue weighted by Gasteiger charge is 2.24. The topological polar surface area (TPSA) is 90.7 Å². The third-order valence-electron chi connectivity index (χ3n) is 2.58. The standard InChI is InChI=1S/C13H16N2O5/c1-4-5-6-14-13(16)9-7-11(19-2)12(20-3)8-10(9)15(17)18/h4,7-8H,1,5-6H2,2-3H3,(H,14,16). The van der Waals surface area contributed by atoms with Gasteiger partial charge in [0.1, 0.15) is 5.56 Å². The van der Waals surface area contributed by atoms with Crippen molar-refractivity contribution in [1.82, 2.24) is 5.32 Å². The predicted molar refractivity (Wildman–Crippen MR) is 73.3 cm³/mol. The summed E-state index contributed by atoms with van der Waals surface area (Å²) in [6.07, 6.45) is 2.22. The van der Waals surface area contributed by atoms with Crippen molar-refractivity contribution in [2.75, 3.05) is 20.8 Å². The molecule has 1 aromatic rings. The Morgan fingerprint density at radius 2 is 2.00 bits per heavy atom. The van der Waals surface area contributed by atoms with Gasteiger partial charge in [-0.1, -0.05) is 6.08 Å². The van der Waals surface area contributed by atoms with Crippen molar-refractivity contribution in [2.45, 2.75) is 6.42 Å². The van der Waals surface area contributed by atoms with Gasteiger partial charge in [0.05, 0.1) is 25.2 Å². The fourth-order valence-corrected chi connectivity index (χ4v) is 1.58. The first kappa shape index (κ1) is 15.5. The van der Waals surface area contributed by atoms with Crippen molar-refractivity contribution < 1.29 is 19.2 Å². The number of amides is 1. The van der Waals surface area contributed by atoms with Crippen LogP contribution in [0, 0.1) is 10.1 Å². The average Bonchev–Trinajstić information content (AvgIpc) is 2.45. The lowest BCUT2D eigenvalue weighted by atomic mass is 10.1. The normalized spacial score (nSPS) is 9.70. The Labute approximate surface area is 116 Å². The van der Waals surface area contributed by atoms with Crippen LogP contribution < -0.4 is 14.8 Å². The molecule has 1 rings (SSSR count). The van der Waals surface area contributed by atoms with Gasteiger partial charge >= 0.3 is 0 Å². The largest absolute Gasteiger partial charge is 0.493 e. The van der Waals surface area contributed by atoms with Gasteiger partial charge in [-0.3, -0.25) is 14.9 Å². The monoisotopic (exact) mass is 280 g/mol. The first-order chi connectivity index (χ1) is 9.54. The molecule has 20 heavy (non-hydrogen) atoms. The van der Waals surface area contributed by atoms with E-state index in [1.807, 2.05) is 0 Å². The summed E-state index contributed by atoms with van der Waals surface area (Å²) < 4.78 is 10.0. The van der Waals surface area contributed by atoms with Crippen LogP contribution >= 0.6 is 0 Å². The first-order valence-corrected chi connectivity index (χ1v) is 5.84. The number of nitro groups is 1. The van der Waals surface area contributed by atoms with Gasteiger partial charge in [0.2, 0.25) is 0 Å². The maximum Gasteiger partial charge on any atom is 0.286 e. The molecule has 108 valence electrons. The molecule has 7 nitrogen and oxygen atoms in total. The van der Waals surface area contributed by atoms with Gasteiger partial charge in [-0.25, -0.2) is 0 Å². The number of hydrogen-bond acceptors (Lipinski definition) is 5. The number of nitro benzene ring substituents is 1. The number of hydrogen-bond donors (Lipinski definition) is 1. The van der Waals surface area contributed by atoms with Gasteiger partial charge < -0.3 is 14.8 Å². The number of carbonyl (C=O) groups excluding carboxylic acids is 1. The number of nitrogens with zero attached hydrogens (tertiary/aromatic N) is 1. The summed E-state index contributed by atoms with van der Waals surface area (Å²) in [7, 11) is 2.76. The van der Waals surface area contributed by atoms with Crippen molar-refractivity contribution in [3.63, 3.8) is 0 Å². The molecule has 0 aromatic heterocycles. The van der Waals surface area contributed by atoms with Crippen LogP contribution in [0.25, 0.3) is 0 Å². The van der Waals surface area contributed by atoms with Crippen LogP contribution in [-0.2, 0) is 0 Å². The molecule has 0 aliphatic heterocycles. The van der Waals surface area contributed by atoms with Gasteiger partial charge in [0.15, 0.2) is 11.5 Å². The lowest BCUT2D eigenvalue weighted by Gasteiger charge is -2.10.